The van der Waals surface area contributed by atoms with E-state index in [9.17, 15) is 4.79 Å². The summed E-state index contributed by atoms with van der Waals surface area (Å²) in [5, 5.41) is 0. The van der Waals surface area contributed by atoms with E-state index >= 15 is 0 Å². The van der Waals surface area contributed by atoms with E-state index in [4.69, 9.17) is 0 Å². The lowest BCUT2D eigenvalue weighted by molar-refractivity contribution is -0.117. The molecular formula is C17H24O. The third kappa shape index (κ3) is 3.69. The molecule has 0 saturated heterocycles. The smallest absolute Gasteiger partial charge is 0.133 e. The van der Waals surface area contributed by atoms with E-state index in [2.05, 4.69) is 31.2 Å². The molecule has 0 amide bonds. The topological polar surface area (TPSA) is 17.1 Å². The van der Waals surface area contributed by atoms with Gasteiger partial charge in [0.1, 0.15) is 5.78 Å². The molecule has 0 aliphatic heterocycles. The van der Waals surface area contributed by atoms with E-state index in [1.54, 1.807) is 0 Å². The molecule has 1 aromatic carbocycles. The Bertz CT molecular complexity index is 377. The maximum Gasteiger partial charge on any atom is 0.133 e. The van der Waals surface area contributed by atoms with Gasteiger partial charge in [-0.3, -0.25) is 4.79 Å². The zero-order chi connectivity index (χ0) is 12.8. The largest absolute Gasteiger partial charge is 0.300 e. The maximum absolute atomic E-state index is 11.3. The molecule has 2 rings (SSSR count). The van der Waals surface area contributed by atoms with Crippen LogP contribution in [0.15, 0.2) is 24.3 Å². The van der Waals surface area contributed by atoms with E-state index in [1.165, 1.54) is 43.2 Å². The third-order valence-electron chi connectivity index (χ3n) is 4.02. The predicted octanol–water partition coefficient (Wildman–Crippen LogP) is 4.65. The van der Waals surface area contributed by atoms with Crippen LogP contribution in [-0.4, -0.2) is 5.78 Å². The summed E-state index contributed by atoms with van der Waals surface area (Å²) in [5.74, 6) is 0.926. The Balaban J connectivity index is 1.83. The number of hydrogen-bond acceptors (Lipinski definition) is 1. The highest BCUT2D eigenvalue weighted by Gasteiger charge is 2.23. The van der Waals surface area contributed by atoms with Crippen molar-refractivity contribution in [3.63, 3.8) is 0 Å². The number of carbonyl (C=O) groups is 1. The Morgan fingerprint density at radius 1 is 1.11 bits per heavy atom. The summed E-state index contributed by atoms with van der Waals surface area (Å²) < 4.78 is 0. The van der Waals surface area contributed by atoms with Crippen molar-refractivity contribution in [3.05, 3.63) is 35.4 Å². The summed E-state index contributed by atoms with van der Waals surface area (Å²) in [6.07, 6.45) is 9.08. The van der Waals surface area contributed by atoms with Crippen LogP contribution in [0.5, 0.6) is 0 Å². The Kier molecular flexibility index (Phi) is 4.98. The highest BCUT2D eigenvalue weighted by atomic mass is 16.1. The monoisotopic (exact) mass is 244 g/mol. The zero-order valence-electron chi connectivity index (χ0n) is 11.5. The van der Waals surface area contributed by atoms with Crippen molar-refractivity contribution in [2.24, 2.45) is 0 Å². The fourth-order valence-corrected chi connectivity index (χ4v) is 2.81. The van der Waals surface area contributed by atoms with Gasteiger partial charge in [-0.25, -0.2) is 0 Å². The number of rotatable bonds is 6. The van der Waals surface area contributed by atoms with Crippen LogP contribution < -0.4 is 0 Å². The molecule has 1 unspecified atom stereocenters. The number of Topliss-reactive ketones (excluding diaryl/α,β-unsaturated/α-hetero) is 1. The highest BCUT2D eigenvalue weighted by Crippen LogP contribution is 2.32. The lowest BCUT2D eigenvalue weighted by atomic mass is 9.95. The minimum absolute atomic E-state index is 0.434. The molecule has 0 bridgehead atoms. The predicted molar refractivity (Wildman–Crippen MR) is 75.9 cm³/mol. The van der Waals surface area contributed by atoms with Crippen LogP contribution in [0.25, 0.3) is 0 Å². The van der Waals surface area contributed by atoms with Crippen molar-refractivity contribution in [1.82, 2.24) is 0 Å². The molecule has 1 fully saturated rings. The van der Waals surface area contributed by atoms with Crippen LogP contribution in [0.2, 0.25) is 0 Å². The molecule has 1 nitrogen and oxygen atoms in total. The summed E-state index contributed by atoms with van der Waals surface area (Å²) in [5.41, 5.74) is 2.80. The summed E-state index contributed by atoms with van der Waals surface area (Å²) in [4.78, 5) is 11.3. The molecule has 0 N–H and O–H groups in total. The van der Waals surface area contributed by atoms with Crippen LogP contribution in [0, 0.1) is 0 Å². The first kappa shape index (κ1) is 13.3. The van der Waals surface area contributed by atoms with Crippen LogP contribution >= 0.6 is 0 Å². The molecule has 1 aliphatic carbocycles. The molecule has 0 radical (unpaired) electrons. The number of aryl methyl sites for hydroxylation is 1. The zero-order valence-corrected chi connectivity index (χ0v) is 11.5. The van der Waals surface area contributed by atoms with Gasteiger partial charge in [0.15, 0.2) is 0 Å². The molecule has 0 heterocycles. The lowest BCUT2D eigenvalue weighted by Crippen LogP contribution is -1.95. The fraction of sp³-hybridized carbons (Fsp3) is 0.588. The van der Waals surface area contributed by atoms with Gasteiger partial charge in [-0.2, -0.15) is 0 Å². The first-order valence-electron chi connectivity index (χ1n) is 7.40. The van der Waals surface area contributed by atoms with Crippen LogP contribution in [0.4, 0.5) is 0 Å². The van der Waals surface area contributed by atoms with Gasteiger partial charge in [0.2, 0.25) is 0 Å². The molecule has 1 aliphatic rings. The standard InChI is InChI=1S/C17H24O/c1-2-3-4-5-6-14-7-9-15(10-8-14)16-11-12-17(18)13-16/h7-10,16H,2-6,11-13H2,1H3. The normalized spacial score (nSPS) is 19.4. The van der Waals surface area contributed by atoms with E-state index in [0.717, 1.165) is 19.3 Å². The minimum Gasteiger partial charge on any atom is -0.300 e. The molecular weight excluding hydrogens is 220 g/mol. The molecule has 0 spiro atoms. The lowest BCUT2D eigenvalue weighted by Gasteiger charge is -2.09. The Labute approximate surface area is 111 Å². The van der Waals surface area contributed by atoms with Gasteiger partial charge in [-0.05, 0) is 36.3 Å². The summed E-state index contributed by atoms with van der Waals surface area (Å²) in [7, 11) is 0. The molecule has 1 aromatic rings. The first-order valence-corrected chi connectivity index (χ1v) is 7.40. The van der Waals surface area contributed by atoms with E-state index in [0.29, 0.717) is 11.7 Å². The number of carbonyl (C=O) groups excluding carboxylic acids is 1. The Morgan fingerprint density at radius 2 is 1.89 bits per heavy atom. The second kappa shape index (κ2) is 6.72. The average Bonchev–Trinajstić information content (AvgIpc) is 2.82. The quantitative estimate of drug-likeness (QED) is 0.666. The van der Waals surface area contributed by atoms with Crippen molar-refractivity contribution in [1.29, 1.82) is 0 Å². The van der Waals surface area contributed by atoms with Gasteiger partial charge in [0.25, 0.3) is 0 Å². The second-order valence-corrected chi connectivity index (χ2v) is 5.53. The van der Waals surface area contributed by atoms with Gasteiger partial charge >= 0.3 is 0 Å². The van der Waals surface area contributed by atoms with Crippen molar-refractivity contribution >= 4 is 5.78 Å². The van der Waals surface area contributed by atoms with Gasteiger partial charge < -0.3 is 0 Å². The van der Waals surface area contributed by atoms with Crippen LogP contribution in [-0.2, 0) is 11.2 Å². The van der Waals surface area contributed by atoms with Gasteiger partial charge in [-0.1, -0.05) is 50.5 Å². The summed E-state index contributed by atoms with van der Waals surface area (Å²) in [6, 6.07) is 8.98. The minimum atomic E-state index is 0.434. The average molecular weight is 244 g/mol. The number of ketones is 1. The van der Waals surface area contributed by atoms with Gasteiger partial charge in [0.05, 0.1) is 0 Å². The Morgan fingerprint density at radius 3 is 2.50 bits per heavy atom. The fourth-order valence-electron chi connectivity index (χ4n) is 2.81. The maximum atomic E-state index is 11.3. The van der Waals surface area contributed by atoms with Crippen molar-refractivity contribution in [2.75, 3.05) is 0 Å². The van der Waals surface area contributed by atoms with Gasteiger partial charge in [0, 0.05) is 12.8 Å². The molecule has 0 aromatic heterocycles. The van der Waals surface area contributed by atoms with E-state index < -0.39 is 0 Å². The molecule has 1 heteroatoms. The molecule has 18 heavy (non-hydrogen) atoms. The van der Waals surface area contributed by atoms with Crippen molar-refractivity contribution < 1.29 is 4.79 Å². The van der Waals surface area contributed by atoms with Gasteiger partial charge in [-0.15, -0.1) is 0 Å². The van der Waals surface area contributed by atoms with E-state index in [1.807, 2.05) is 0 Å². The van der Waals surface area contributed by atoms with Crippen LogP contribution in [0.1, 0.15) is 68.9 Å². The van der Waals surface area contributed by atoms with Crippen molar-refractivity contribution in [3.8, 4) is 0 Å². The number of unbranched alkanes of at least 4 members (excludes halogenated alkanes) is 3. The second-order valence-electron chi connectivity index (χ2n) is 5.53. The SMILES string of the molecule is CCCCCCc1ccc(C2CCC(=O)C2)cc1. The van der Waals surface area contributed by atoms with Crippen molar-refractivity contribution in [2.45, 2.75) is 64.2 Å². The molecule has 1 saturated carbocycles. The first-order chi connectivity index (χ1) is 8.79. The third-order valence-corrected chi connectivity index (χ3v) is 4.02. The Hall–Kier alpha value is -1.11. The van der Waals surface area contributed by atoms with E-state index in [-0.39, 0.29) is 0 Å². The number of benzene rings is 1. The highest BCUT2D eigenvalue weighted by molar-refractivity contribution is 5.81. The van der Waals surface area contributed by atoms with Crippen LogP contribution in [0.3, 0.4) is 0 Å². The number of hydrogen-bond donors (Lipinski definition) is 0. The summed E-state index contributed by atoms with van der Waals surface area (Å²) in [6.45, 7) is 2.25. The molecule has 98 valence electrons. The summed E-state index contributed by atoms with van der Waals surface area (Å²) >= 11 is 0. The molecule has 1 atom stereocenters.